The maximum absolute atomic E-state index is 12.8. The lowest BCUT2D eigenvalue weighted by atomic mass is 9.92. The van der Waals surface area contributed by atoms with Gasteiger partial charge in [-0.1, -0.05) is 37.3 Å². The van der Waals surface area contributed by atoms with E-state index in [2.05, 4.69) is 5.32 Å². The van der Waals surface area contributed by atoms with Crippen molar-refractivity contribution in [3.05, 3.63) is 35.9 Å². The number of carbonyl (C=O) groups excluding carboxylic acids is 2. The molecule has 1 saturated heterocycles. The van der Waals surface area contributed by atoms with Gasteiger partial charge in [-0.25, -0.2) is 0 Å². The van der Waals surface area contributed by atoms with Crippen LogP contribution in [0, 0.1) is 11.8 Å². The molecule has 3 N–H and O–H groups in total. The lowest BCUT2D eigenvalue weighted by Crippen LogP contribution is -2.46. The number of piperidine rings is 1. The number of hydrogen-bond acceptors (Lipinski definition) is 3. The van der Waals surface area contributed by atoms with Crippen LogP contribution in [0.15, 0.2) is 30.3 Å². The van der Waals surface area contributed by atoms with Crippen LogP contribution in [0.5, 0.6) is 0 Å². The normalized spacial score (nSPS) is 20.7. The first-order valence-corrected chi connectivity index (χ1v) is 8.32. The monoisotopic (exact) mass is 317 g/mol. The van der Waals surface area contributed by atoms with Crippen LogP contribution >= 0.6 is 0 Å². The molecule has 0 spiro atoms. The highest BCUT2D eigenvalue weighted by Gasteiger charge is 2.30. The van der Waals surface area contributed by atoms with Gasteiger partial charge in [-0.05, 0) is 24.3 Å². The highest BCUT2D eigenvalue weighted by Crippen LogP contribution is 2.24. The van der Waals surface area contributed by atoms with Crippen molar-refractivity contribution in [1.82, 2.24) is 10.2 Å². The molecule has 3 atom stereocenters. The first-order chi connectivity index (χ1) is 11.0. The summed E-state index contributed by atoms with van der Waals surface area (Å²) in [5.74, 6) is 0.162. The molecule has 1 aliphatic heterocycles. The zero-order valence-corrected chi connectivity index (χ0v) is 14.0. The van der Waals surface area contributed by atoms with Gasteiger partial charge < -0.3 is 16.0 Å². The summed E-state index contributed by atoms with van der Waals surface area (Å²) in [7, 11) is 0. The van der Waals surface area contributed by atoms with Crippen molar-refractivity contribution >= 4 is 11.8 Å². The number of hydrogen-bond donors (Lipinski definition) is 2. The number of nitrogens with one attached hydrogen (secondary N) is 1. The molecular weight excluding hydrogens is 290 g/mol. The highest BCUT2D eigenvalue weighted by atomic mass is 16.2. The molecule has 5 nitrogen and oxygen atoms in total. The summed E-state index contributed by atoms with van der Waals surface area (Å²) in [6.07, 6.45) is 2.02. The Hall–Kier alpha value is -1.88. The van der Waals surface area contributed by atoms with E-state index in [1.54, 1.807) is 0 Å². The Kier molecular flexibility index (Phi) is 6.16. The van der Waals surface area contributed by atoms with Crippen molar-refractivity contribution < 1.29 is 9.59 Å². The first kappa shape index (κ1) is 17.5. The van der Waals surface area contributed by atoms with Crippen LogP contribution in [-0.2, 0) is 9.59 Å². The second-order valence-electron chi connectivity index (χ2n) is 6.45. The predicted octanol–water partition coefficient (Wildman–Crippen LogP) is 1.70. The Bertz CT molecular complexity index is 532. The Labute approximate surface area is 138 Å². The van der Waals surface area contributed by atoms with Crippen molar-refractivity contribution in [2.24, 2.45) is 17.6 Å². The third-order valence-electron chi connectivity index (χ3n) is 4.58. The van der Waals surface area contributed by atoms with Gasteiger partial charge in [0, 0.05) is 32.6 Å². The second kappa shape index (κ2) is 8.11. The minimum Gasteiger partial charge on any atom is -0.356 e. The summed E-state index contributed by atoms with van der Waals surface area (Å²) in [6.45, 7) is 5.54. The van der Waals surface area contributed by atoms with Crippen LogP contribution in [0.4, 0.5) is 0 Å². The molecule has 126 valence electrons. The van der Waals surface area contributed by atoms with E-state index >= 15 is 0 Å². The van der Waals surface area contributed by atoms with Gasteiger partial charge in [-0.3, -0.25) is 9.59 Å². The third kappa shape index (κ3) is 4.79. The fourth-order valence-corrected chi connectivity index (χ4v) is 3.13. The highest BCUT2D eigenvalue weighted by molar-refractivity contribution is 5.79. The van der Waals surface area contributed by atoms with Gasteiger partial charge in [0.2, 0.25) is 11.8 Å². The molecule has 2 rings (SSSR count). The van der Waals surface area contributed by atoms with Crippen LogP contribution in [0.3, 0.4) is 0 Å². The number of likely N-dealkylation sites (tertiary alicyclic amines) is 1. The standard InChI is InChI=1S/C18H27N3O2/c1-13(17(19)16-8-4-3-5-9-16)18(23)21-10-6-7-15(12-21)11-20-14(2)22/h3-5,8-9,13,15,17H,6-7,10-12,19H2,1-2H3,(H,20,22). The van der Waals surface area contributed by atoms with Crippen molar-refractivity contribution in [3.63, 3.8) is 0 Å². The van der Waals surface area contributed by atoms with Crippen molar-refractivity contribution in [2.45, 2.75) is 32.7 Å². The lowest BCUT2D eigenvalue weighted by Gasteiger charge is -2.35. The molecule has 0 bridgehead atoms. The molecule has 0 saturated carbocycles. The molecule has 3 unspecified atom stereocenters. The van der Waals surface area contributed by atoms with Crippen LogP contribution < -0.4 is 11.1 Å². The number of rotatable bonds is 5. The molecule has 1 aromatic carbocycles. The summed E-state index contributed by atoms with van der Waals surface area (Å²) in [6, 6.07) is 9.46. The van der Waals surface area contributed by atoms with Crippen LogP contribution in [0.2, 0.25) is 0 Å². The Balaban J connectivity index is 1.94. The molecule has 1 heterocycles. The average Bonchev–Trinajstić information content (AvgIpc) is 2.59. The predicted molar refractivity (Wildman–Crippen MR) is 90.5 cm³/mol. The van der Waals surface area contributed by atoms with E-state index in [9.17, 15) is 9.59 Å². The zero-order chi connectivity index (χ0) is 16.8. The Morgan fingerprint density at radius 3 is 2.70 bits per heavy atom. The minimum atomic E-state index is -0.292. The lowest BCUT2D eigenvalue weighted by molar-refractivity contribution is -0.137. The van der Waals surface area contributed by atoms with Gasteiger partial charge in [-0.15, -0.1) is 0 Å². The van der Waals surface area contributed by atoms with E-state index in [1.165, 1.54) is 6.92 Å². The van der Waals surface area contributed by atoms with E-state index in [0.717, 1.165) is 24.9 Å². The average molecular weight is 317 g/mol. The van der Waals surface area contributed by atoms with E-state index in [4.69, 9.17) is 5.73 Å². The zero-order valence-electron chi connectivity index (χ0n) is 14.0. The topological polar surface area (TPSA) is 75.4 Å². The first-order valence-electron chi connectivity index (χ1n) is 8.32. The third-order valence-corrected chi connectivity index (χ3v) is 4.58. The Morgan fingerprint density at radius 2 is 2.04 bits per heavy atom. The molecule has 1 fully saturated rings. The smallest absolute Gasteiger partial charge is 0.227 e. The van der Waals surface area contributed by atoms with Crippen molar-refractivity contribution in [2.75, 3.05) is 19.6 Å². The number of nitrogens with two attached hydrogens (primary N) is 1. The molecule has 0 aliphatic carbocycles. The molecule has 1 aliphatic rings. The molecule has 2 amide bonds. The molecule has 0 aromatic heterocycles. The maximum atomic E-state index is 12.8. The number of nitrogens with zero attached hydrogens (tertiary/aromatic N) is 1. The molecule has 23 heavy (non-hydrogen) atoms. The molecule has 5 heteroatoms. The largest absolute Gasteiger partial charge is 0.356 e. The van der Waals surface area contributed by atoms with E-state index in [0.29, 0.717) is 19.0 Å². The fourth-order valence-electron chi connectivity index (χ4n) is 3.13. The molecule has 1 aromatic rings. The SMILES string of the molecule is CC(=O)NCC1CCCN(C(=O)C(C)C(N)c2ccccc2)C1. The van der Waals surface area contributed by atoms with E-state index in [1.807, 2.05) is 42.2 Å². The summed E-state index contributed by atoms with van der Waals surface area (Å²) < 4.78 is 0. The van der Waals surface area contributed by atoms with Crippen molar-refractivity contribution in [3.8, 4) is 0 Å². The summed E-state index contributed by atoms with van der Waals surface area (Å²) in [4.78, 5) is 25.7. The van der Waals surface area contributed by atoms with Crippen LogP contribution in [0.1, 0.15) is 38.3 Å². The van der Waals surface area contributed by atoms with Crippen LogP contribution in [0.25, 0.3) is 0 Å². The van der Waals surface area contributed by atoms with Gasteiger partial charge in [-0.2, -0.15) is 0 Å². The fraction of sp³-hybridized carbons (Fsp3) is 0.556. The van der Waals surface area contributed by atoms with Crippen molar-refractivity contribution in [1.29, 1.82) is 0 Å². The Morgan fingerprint density at radius 1 is 1.35 bits per heavy atom. The van der Waals surface area contributed by atoms with E-state index in [-0.39, 0.29) is 23.8 Å². The van der Waals surface area contributed by atoms with Gasteiger partial charge >= 0.3 is 0 Å². The van der Waals surface area contributed by atoms with Gasteiger partial charge in [0.1, 0.15) is 0 Å². The second-order valence-corrected chi connectivity index (χ2v) is 6.45. The quantitative estimate of drug-likeness (QED) is 0.868. The van der Waals surface area contributed by atoms with Gasteiger partial charge in [0.15, 0.2) is 0 Å². The molecular formula is C18H27N3O2. The minimum absolute atomic E-state index is 0.0204. The van der Waals surface area contributed by atoms with Crippen LogP contribution in [-0.4, -0.2) is 36.3 Å². The maximum Gasteiger partial charge on any atom is 0.227 e. The number of carbonyl (C=O) groups is 2. The summed E-state index contributed by atoms with van der Waals surface area (Å²) in [5.41, 5.74) is 7.26. The molecule has 0 radical (unpaired) electrons. The summed E-state index contributed by atoms with van der Waals surface area (Å²) >= 11 is 0. The van der Waals surface area contributed by atoms with Gasteiger partial charge in [0.05, 0.1) is 5.92 Å². The van der Waals surface area contributed by atoms with E-state index < -0.39 is 0 Å². The number of amides is 2. The summed E-state index contributed by atoms with van der Waals surface area (Å²) in [5, 5.41) is 2.85. The number of benzene rings is 1. The van der Waals surface area contributed by atoms with Gasteiger partial charge in [0.25, 0.3) is 0 Å².